The summed E-state index contributed by atoms with van der Waals surface area (Å²) in [6.45, 7) is 7.18. The summed E-state index contributed by atoms with van der Waals surface area (Å²) in [7, 11) is 0. The molecule has 1 aliphatic rings. The van der Waals surface area contributed by atoms with Gasteiger partial charge in [0, 0.05) is 42.3 Å². The van der Waals surface area contributed by atoms with Crippen LogP contribution in [0.15, 0.2) is 46.5 Å². The van der Waals surface area contributed by atoms with Gasteiger partial charge in [-0.25, -0.2) is 0 Å². The number of amides is 1. The lowest BCUT2D eigenvalue weighted by molar-refractivity contribution is 0.0905. The first-order chi connectivity index (χ1) is 12.5. The minimum Gasteiger partial charge on any atom is -0.355 e. The van der Waals surface area contributed by atoms with Crippen molar-refractivity contribution in [3.05, 3.63) is 52.7 Å². The molecule has 1 saturated heterocycles. The quantitative estimate of drug-likeness (QED) is 0.799. The Morgan fingerprint density at radius 3 is 2.81 bits per heavy atom. The number of nitrogens with zero attached hydrogens (tertiary/aromatic N) is 2. The molecule has 0 atom stereocenters. The highest BCUT2D eigenvalue weighted by molar-refractivity contribution is 6.30. The molecule has 138 valence electrons. The topological polar surface area (TPSA) is 58.4 Å². The molecule has 6 heteroatoms. The van der Waals surface area contributed by atoms with E-state index in [1.54, 1.807) is 18.2 Å². The lowest BCUT2D eigenvalue weighted by Gasteiger charge is -2.31. The number of carbonyl (C=O) groups excluding carboxylic acids is 1. The van der Waals surface area contributed by atoms with Crippen molar-refractivity contribution >= 4 is 17.5 Å². The zero-order valence-electron chi connectivity index (χ0n) is 15.2. The zero-order chi connectivity index (χ0) is 18.5. The molecule has 0 saturated carbocycles. The van der Waals surface area contributed by atoms with E-state index >= 15 is 0 Å². The van der Waals surface area contributed by atoms with Crippen molar-refractivity contribution < 1.29 is 9.32 Å². The number of nitrogens with one attached hydrogen (secondary N) is 1. The molecule has 1 aromatic carbocycles. The van der Waals surface area contributed by atoms with Crippen LogP contribution in [0.3, 0.4) is 0 Å². The van der Waals surface area contributed by atoms with Crippen molar-refractivity contribution in [3.8, 4) is 11.3 Å². The maximum Gasteiger partial charge on any atom is 0.273 e. The lowest BCUT2D eigenvalue weighted by Crippen LogP contribution is -2.44. The first kappa shape index (κ1) is 18.7. The Bertz CT molecular complexity index is 788. The Balaban J connectivity index is 1.54. The van der Waals surface area contributed by atoms with Gasteiger partial charge in [0.05, 0.1) is 0 Å². The molecule has 5 nitrogen and oxygen atoms in total. The molecular formula is C20H24ClN3O2. The lowest BCUT2D eigenvalue weighted by atomic mass is 10.0. The van der Waals surface area contributed by atoms with Crippen molar-refractivity contribution in [2.45, 2.75) is 32.7 Å². The predicted molar refractivity (Wildman–Crippen MR) is 103 cm³/mol. The molecule has 1 amide bonds. The second kappa shape index (κ2) is 8.52. The third-order valence-corrected chi connectivity index (χ3v) is 4.77. The van der Waals surface area contributed by atoms with Gasteiger partial charge in [-0.05, 0) is 38.8 Å². The van der Waals surface area contributed by atoms with Gasteiger partial charge in [0.25, 0.3) is 5.91 Å². The average molecular weight is 374 g/mol. The summed E-state index contributed by atoms with van der Waals surface area (Å²) in [6, 6.07) is 9.12. The van der Waals surface area contributed by atoms with Gasteiger partial charge in [-0.15, -0.1) is 0 Å². The van der Waals surface area contributed by atoms with E-state index in [1.165, 1.54) is 5.57 Å². The summed E-state index contributed by atoms with van der Waals surface area (Å²) < 4.78 is 5.30. The molecule has 2 aromatic rings. The van der Waals surface area contributed by atoms with Crippen LogP contribution in [0.2, 0.25) is 5.02 Å². The summed E-state index contributed by atoms with van der Waals surface area (Å²) >= 11 is 6.00. The number of halogens is 1. The summed E-state index contributed by atoms with van der Waals surface area (Å²) in [6.07, 6.45) is 4.13. The fourth-order valence-electron chi connectivity index (χ4n) is 2.99. The molecule has 0 spiro atoms. The molecule has 2 heterocycles. The molecule has 1 aromatic heterocycles. The van der Waals surface area contributed by atoms with E-state index in [0.29, 0.717) is 16.5 Å². The first-order valence-electron chi connectivity index (χ1n) is 8.90. The van der Waals surface area contributed by atoms with E-state index in [1.807, 2.05) is 12.1 Å². The fraction of sp³-hybridized carbons (Fsp3) is 0.400. The Hall–Kier alpha value is -2.11. The largest absolute Gasteiger partial charge is 0.355 e. The molecule has 1 fully saturated rings. The van der Waals surface area contributed by atoms with Gasteiger partial charge in [-0.1, -0.05) is 40.5 Å². The summed E-state index contributed by atoms with van der Waals surface area (Å²) in [5.41, 5.74) is 2.44. The number of benzene rings is 1. The van der Waals surface area contributed by atoms with Crippen molar-refractivity contribution in [2.24, 2.45) is 0 Å². The molecule has 0 bridgehead atoms. The van der Waals surface area contributed by atoms with Crippen molar-refractivity contribution in [1.29, 1.82) is 0 Å². The Morgan fingerprint density at radius 1 is 1.35 bits per heavy atom. The maximum absolute atomic E-state index is 12.4. The summed E-state index contributed by atoms with van der Waals surface area (Å²) in [5.74, 6) is 0.346. The van der Waals surface area contributed by atoms with Crippen LogP contribution in [0.4, 0.5) is 0 Å². The monoisotopic (exact) mass is 373 g/mol. The predicted octanol–water partition coefficient (Wildman–Crippen LogP) is 4.16. The number of aromatic nitrogens is 1. The van der Waals surface area contributed by atoms with Gasteiger partial charge in [0.2, 0.25) is 0 Å². The van der Waals surface area contributed by atoms with E-state index in [9.17, 15) is 4.79 Å². The van der Waals surface area contributed by atoms with E-state index < -0.39 is 0 Å². The molecule has 0 unspecified atom stereocenters. The first-order valence-corrected chi connectivity index (χ1v) is 9.28. The van der Waals surface area contributed by atoms with Gasteiger partial charge in [-0.2, -0.15) is 0 Å². The molecule has 0 aliphatic carbocycles. The number of rotatable bonds is 5. The van der Waals surface area contributed by atoms with Crippen molar-refractivity contribution in [2.75, 3.05) is 19.6 Å². The SMILES string of the molecule is CC(C)=CCN1CCC(NC(=O)c2cc(-c3cccc(Cl)c3)on2)CC1. The summed E-state index contributed by atoms with van der Waals surface area (Å²) in [4.78, 5) is 14.8. The van der Waals surface area contributed by atoms with E-state index in [-0.39, 0.29) is 11.9 Å². The normalized spacial score (nSPS) is 15.7. The van der Waals surface area contributed by atoms with Crippen LogP contribution in [0, 0.1) is 0 Å². The standard InChI is InChI=1S/C20H24ClN3O2/c1-14(2)6-9-24-10-7-17(8-11-24)22-20(25)18-13-19(26-23-18)15-4-3-5-16(21)12-15/h3-6,12-13,17H,7-11H2,1-2H3,(H,22,25). The molecule has 1 N–H and O–H groups in total. The third-order valence-electron chi connectivity index (χ3n) is 4.53. The van der Waals surface area contributed by atoms with Crippen LogP contribution in [0.1, 0.15) is 37.2 Å². The number of carbonyl (C=O) groups is 1. The van der Waals surface area contributed by atoms with E-state index in [0.717, 1.165) is 38.0 Å². The van der Waals surface area contributed by atoms with Crippen LogP contribution >= 0.6 is 11.6 Å². The van der Waals surface area contributed by atoms with Crippen LogP contribution in [-0.2, 0) is 0 Å². The van der Waals surface area contributed by atoms with Gasteiger partial charge >= 0.3 is 0 Å². The van der Waals surface area contributed by atoms with Gasteiger partial charge in [0.1, 0.15) is 0 Å². The third kappa shape index (κ3) is 4.96. The average Bonchev–Trinajstić information content (AvgIpc) is 3.11. The van der Waals surface area contributed by atoms with Gasteiger partial charge in [-0.3, -0.25) is 9.69 Å². The number of likely N-dealkylation sites (tertiary alicyclic amines) is 1. The molecular weight excluding hydrogens is 350 g/mol. The van der Waals surface area contributed by atoms with Crippen molar-refractivity contribution in [1.82, 2.24) is 15.4 Å². The van der Waals surface area contributed by atoms with Gasteiger partial charge < -0.3 is 9.84 Å². The van der Waals surface area contributed by atoms with Gasteiger partial charge in [0.15, 0.2) is 11.5 Å². The smallest absolute Gasteiger partial charge is 0.273 e. The van der Waals surface area contributed by atoms with Crippen LogP contribution in [0.5, 0.6) is 0 Å². The second-order valence-electron chi connectivity index (χ2n) is 6.92. The second-order valence-corrected chi connectivity index (χ2v) is 7.35. The molecule has 0 radical (unpaired) electrons. The van der Waals surface area contributed by atoms with E-state index in [2.05, 4.69) is 35.3 Å². The summed E-state index contributed by atoms with van der Waals surface area (Å²) in [5, 5.41) is 7.59. The Kier molecular flexibility index (Phi) is 6.12. The van der Waals surface area contributed by atoms with Crippen LogP contribution in [0.25, 0.3) is 11.3 Å². The molecule has 1 aliphatic heterocycles. The fourth-order valence-corrected chi connectivity index (χ4v) is 3.18. The highest BCUT2D eigenvalue weighted by atomic mass is 35.5. The minimum absolute atomic E-state index is 0.178. The number of allylic oxidation sites excluding steroid dienone is 1. The Morgan fingerprint density at radius 2 is 2.12 bits per heavy atom. The number of piperidine rings is 1. The maximum atomic E-state index is 12.4. The van der Waals surface area contributed by atoms with Crippen LogP contribution in [-0.4, -0.2) is 41.6 Å². The number of hydrogen-bond acceptors (Lipinski definition) is 4. The zero-order valence-corrected chi connectivity index (χ0v) is 15.9. The molecule has 26 heavy (non-hydrogen) atoms. The highest BCUT2D eigenvalue weighted by Crippen LogP contribution is 2.23. The van der Waals surface area contributed by atoms with Crippen LogP contribution < -0.4 is 5.32 Å². The van der Waals surface area contributed by atoms with Crippen molar-refractivity contribution in [3.63, 3.8) is 0 Å². The van der Waals surface area contributed by atoms with E-state index in [4.69, 9.17) is 16.1 Å². The molecule has 3 rings (SSSR count). The minimum atomic E-state index is -0.190. The highest BCUT2D eigenvalue weighted by Gasteiger charge is 2.22. The number of hydrogen-bond donors (Lipinski definition) is 1. The Labute approximate surface area is 159 Å².